The summed E-state index contributed by atoms with van der Waals surface area (Å²) in [5.74, 6) is 2.38. The number of nitrogens with one attached hydrogen (secondary N) is 1. The van der Waals surface area contributed by atoms with Crippen LogP contribution in [0.15, 0.2) is 53.7 Å². The van der Waals surface area contributed by atoms with Crippen LogP contribution in [-0.4, -0.2) is 36.4 Å². The number of anilines is 1. The Morgan fingerprint density at radius 2 is 1.83 bits per heavy atom. The maximum atomic E-state index is 12.8. The highest BCUT2D eigenvalue weighted by molar-refractivity contribution is 7.92. The fourth-order valence-electron chi connectivity index (χ4n) is 3.76. The van der Waals surface area contributed by atoms with Gasteiger partial charge in [-0.25, -0.2) is 8.42 Å². The van der Waals surface area contributed by atoms with Crippen LogP contribution >= 0.6 is 0 Å². The SMILES string of the molecule is O=S(=O)(Nc1ccc([C@@H]2CCc3nncn3C2)cc1)c1ccc2c(c1)OCCO2. The fraction of sp³-hybridized carbons (Fsp3) is 0.300. The first-order valence-electron chi connectivity index (χ1n) is 9.48. The summed E-state index contributed by atoms with van der Waals surface area (Å²) in [4.78, 5) is 0.137. The molecule has 2 aliphatic heterocycles. The summed E-state index contributed by atoms with van der Waals surface area (Å²) in [6.45, 7) is 1.71. The molecule has 0 aliphatic carbocycles. The molecule has 2 aliphatic rings. The number of aromatic nitrogens is 3. The predicted octanol–water partition coefficient (Wildman–Crippen LogP) is 2.58. The fourth-order valence-corrected chi connectivity index (χ4v) is 4.83. The van der Waals surface area contributed by atoms with Crippen LogP contribution in [0.3, 0.4) is 0 Å². The highest BCUT2D eigenvalue weighted by Gasteiger charge is 2.22. The molecule has 0 radical (unpaired) electrons. The van der Waals surface area contributed by atoms with Gasteiger partial charge < -0.3 is 14.0 Å². The maximum absolute atomic E-state index is 12.8. The highest BCUT2D eigenvalue weighted by atomic mass is 32.2. The Balaban J connectivity index is 1.32. The Labute approximate surface area is 168 Å². The van der Waals surface area contributed by atoms with Crippen molar-refractivity contribution in [2.45, 2.75) is 30.2 Å². The van der Waals surface area contributed by atoms with E-state index in [1.807, 2.05) is 12.1 Å². The van der Waals surface area contributed by atoms with Gasteiger partial charge in [-0.1, -0.05) is 12.1 Å². The Kier molecular flexibility index (Phi) is 4.39. The molecule has 3 heterocycles. The van der Waals surface area contributed by atoms with Crippen LogP contribution in [0.5, 0.6) is 11.5 Å². The molecule has 0 saturated heterocycles. The first kappa shape index (κ1) is 18.0. The van der Waals surface area contributed by atoms with Gasteiger partial charge in [-0.15, -0.1) is 10.2 Å². The number of aryl methyl sites for hydroxylation is 1. The van der Waals surface area contributed by atoms with E-state index in [-0.39, 0.29) is 4.90 Å². The van der Waals surface area contributed by atoms with Crippen molar-refractivity contribution in [3.63, 3.8) is 0 Å². The third-order valence-corrected chi connectivity index (χ3v) is 6.67. The summed E-state index contributed by atoms with van der Waals surface area (Å²) >= 11 is 0. The standard InChI is InChI=1S/C20H20N4O4S/c25-29(26,17-6-7-18-19(11-17)28-10-9-27-18)23-16-4-1-14(2-5-16)15-3-8-20-22-21-13-24(20)12-15/h1-2,4-7,11,13,15,23H,3,8-10,12H2/t15-/m1/s1. The summed E-state index contributed by atoms with van der Waals surface area (Å²) in [6.07, 6.45) is 3.65. The number of fused-ring (bicyclic) bond motifs is 2. The van der Waals surface area contributed by atoms with E-state index < -0.39 is 10.0 Å². The molecule has 150 valence electrons. The summed E-state index contributed by atoms with van der Waals surface area (Å²) in [5.41, 5.74) is 1.69. The van der Waals surface area contributed by atoms with Gasteiger partial charge in [0.2, 0.25) is 0 Å². The van der Waals surface area contributed by atoms with Crippen LogP contribution in [0, 0.1) is 0 Å². The van der Waals surface area contributed by atoms with E-state index in [1.165, 1.54) is 17.7 Å². The van der Waals surface area contributed by atoms with Gasteiger partial charge >= 0.3 is 0 Å². The second kappa shape index (κ2) is 7.07. The molecule has 0 fully saturated rings. The van der Waals surface area contributed by atoms with Gasteiger partial charge in [0.1, 0.15) is 25.4 Å². The number of rotatable bonds is 4. The lowest BCUT2D eigenvalue weighted by Crippen LogP contribution is -2.18. The number of hydrogen-bond donors (Lipinski definition) is 1. The molecule has 0 saturated carbocycles. The summed E-state index contributed by atoms with van der Waals surface area (Å²) in [6, 6.07) is 12.2. The third-order valence-electron chi connectivity index (χ3n) is 5.29. The van der Waals surface area contributed by atoms with Crippen molar-refractivity contribution in [3.8, 4) is 11.5 Å². The van der Waals surface area contributed by atoms with E-state index in [2.05, 4.69) is 19.5 Å². The second-order valence-corrected chi connectivity index (χ2v) is 8.85. The maximum Gasteiger partial charge on any atom is 0.262 e. The van der Waals surface area contributed by atoms with Gasteiger partial charge in [0.15, 0.2) is 11.5 Å². The van der Waals surface area contributed by atoms with Crippen molar-refractivity contribution in [3.05, 3.63) is 60.2 Å². The molecule has 9 heteroatoms. The molecular weight excluding hydrogens is 392 g/mol. The Morgan fingerprint density at radius 3 is 2.66 bits per heavy atom. The smallest absolute Gasteiger partial charge is 0.262 e. The van der Waals surface area contributed by atoms with Gasteiger partial charge in [0, 0.05) is 30.6 Å². The Hall–Kier alpha value is -3.07. The van der Waals surface area contributed by atoms with Gasteiger partial charge in [-0.2, -0.15) is 0 Å². The first-order chi connectivity index (χ1) is 14.1. The van der Waals surface area contributed by atoms with Gasteiger partial charge in [-0.3, -0.25) is 4.72 Å². The van der Waals surface area contributed by atoms with Gasteiger partial charge in [0.05, 0.1) is 4.90 Å². The van der Waals surface area contributed by atoms with E-state index in [1.54, 1.807) is 24.5 Å². The lowest BCUT2D eigenvalue weighted by Gasteiger charge is -2.23. The minimum Gasteiger partial charge on any atom is -0.486 e. The van der Waals surface area contributed by atoms with Gasteiger partial charge in [-0.05, 0) is 36.2 Å². The zero-order valence-corrected chi connectivity index (χ0v) is 16.4. The lowest BCUT2D eigenvalue weighted by atomic mass is 9.91. The van der Waals surface area contributed by atoms with Gasteiger partial charge in [0.25, 0.3) is 10.0 Å². The molecule has 0 amide bonds. The lowest BCUT2D eigenvalue weighted by molar-refractivity contribution is 0.171. The molecule has 1 aromatic heterocycles. The molecule has 2 aromatic carbocycles. The topological polar surface area (TPSA) is 95.3 Å². The summed E-state index contributed by atoms with van der Waals surface area (Å²) in [7, 11) is -3.72. The Bertz CT molecular complexity index is 1140. The van der Waals surface area contributed by atoms with E-state index in [9.17, 15) is 8.42 Å². The van der Waals surface area contributed by atoms with Crippen LogP contribution < -0.4 is 14.2 Å². The molecule has 29 heavy (non-hydrogen) atoms. The van der Waals surface area contributed by atoms with Crippen LogP contribution in [0.1, 0.15) is 23.7 Å². The van der Waals surface area contributed by atoms with Crippen LogP contribution in [0.2, 0.25) is 0 Å². The number of sulfonamides is 1. The molecule has 0 spiro atoms. The minimum absolute atomic E-state index is 0.137. The monoisotopic (exact) mass is 412 g/mol. The molecule has 1 atom stereocenters. The molecule has 8 nitrogen and oxygen atoms in total. The normalized spacial score (nSPS) is 18.1. The molecule has 0 bridgehead atoms. The number of nitrogens with zero attached hydrogens (tertiary/aromatic N) is 3. The van der Waals surface area contributed by atoms with Crippen LogP contribution in [0.4, 0.5) is 5.69 Å². The average molecular weight is 412 g/mol. The predicted molar refractivity (Wildman–Crippen MR) is 106 cm³/mol. The van der Waals surface area contributed by atoms with Crippen molar-refractivity contribution < 1.29 is 17.9 Å². The van der Waals surface area contributed by atoms with E-state index in [0.29, 0.717) is 36.3 Å². The molecule has 5 rings (SSSR count). The average Bonchev–Trinajstić information content (AvgIpc) is 3.21. The third kappa shape index (κ3) is 3.53. The molecule has 3 aromatic rings. The largest absolute Gasteiger partial charge is 0.486 e. The van der Waals surface area contributed by atoms with Crippen molar-refractivity contribution in [1.29, 1.82) is 0 Å². The highest BCUT2D eigenvalue weighted by Crippen LogP contribution is 2.33. The minimum atomic E-state index is -3.72. The summed E-state index contributed by atoms with van der Waals surface area (Å²) in [5, 5.41) is 8.08. The van der Waals surface area contributed by atoms with Crippen LogP contribution in [-0.2, 0) is 23.0 Å². The zero-order chi connectivity index (χ0) is 19.8. The quantitative estimate of drug-likeness (QED) is 0.708. The van der Waals surface area contributed by atoms with Crippen molar-refractivity contribution in [2.75, 3.05) is 17.9 Å². The number of ether oxygens (including phenoxy) is 2. The van der Waals surface area contributed by atoms with Crippen LogP contribution in [0.25, 0.3) is 0 Å². The second-order valence-electron chi connectivity index (χ2n) is 7.17. The van der Waals surface area contributed by atoms with Crippen molar-refractivity contribution in [2.24, 2.45) is 0 Å². The van der Waals surface area contributed by atoms with E-state index in [0.717, 1.165) is 25.2 Å². The zero-order valence-electron chi connectivity index (χ0n) is 15.6. The first-order valence-corrected chi connectivity index (χ1v) is 11.0. The number of benzene rings is 2. The Morgan fingerprint density at radius 1 is 1.03 bits per heavy atom. The summed E-state index contributed by atoms with van der Waals surface area (Å²) < 4.78 is 41.2. The molecule has 0 unspecified atom stereocenters. The van der Waals surface area contributed by atoms with E-state index >= 15 is 0 Å². The molecule has 1 N–H and O–H groups in total. The van der Waals surface area contributed by atoms with Crippen molar-refractivity contribution >= 4 is 15.7 Å². The van der Waals surface area contributed by atoms with E-state index in [4.69, 9.17) is 9.47 Å². The van der Waals surface area contributed by atoms with Crippen molar-refractivity contribution in [1.82, 2.24) is 14.8 Å². The number of hydrogen-bond acceptors (Lipinski definition) is 6. The molecular formula is C20H20N4O4S.